The molecule has 0 aliphatic heterocycles. The molecule has 1 aromatic rings. The van der Waals surface area contributed by atoms with Crippen LogP contribution in [0.2, 0.25) is 0 Å². The standard InChI is InChI=1S/C13H20O.2HI.V/c1-7(2)12-10(5)8(3)9(4)11(6)13(12)14;;;/h7,14H,1-6H3;2*1H;/q;;;+2/p-2. The van der Waals surface area contributed by atoms with Crippen molar-refractivity contribution >= 4 is 40.0 Å². The Kier molecular flexibility index (Phi) is 8.80. The fourth-order valence-electron chi connectivity index (χ4n) is 2.03. The normalized spacial score (nSPS) is 9.94. The van der Waals surface area contributed by atoms with Gasteiger partial charge in [-0.15, -0.1) is 0 Å². The van der Waals surface area contributed by atoms with Gasteiger partial charge in [0.25, 0.3) is 0 Å². The summed E-state index contributed by atoms with van der Waals surface area (Å²) < 4.78 is 0. The number of benzene rings is 1. The molecule has 0 bridgehead atoms. The Bertz CT molecular complexity index is 360. The third-order valence-electron chi connectivity index (χ3n) is 3.28. The number of rotatable bonds is 1. The maximum atomic E-state index is 10.1. The average molecular weight is 497 g/mol. The molecule has 0 saturated heterocycles. The van der Waals surface area contributed by atoms with E-state index in [1.807, 2.05) is 6.92 Å². The van der Waals surface area contributed by atoms with Crippen molar-refractivity contribution in [3.63, 3.8) is 0 Å². The molecule has 0 fully saturated rings. The molecule has 0 spiro atoms. The van der Waals surface area contributed by atoms with E-state index in [1.165, 1.54) is 16.7 Å². The number of hydrogen-bond donors (Lipinski definition) is 1. The molecule has 1 N–H and O–H groups in total. The van der Waals surface area contributed by atoms with Gasteiger partial charge in [0.2, 0.25) is 0 Å². The second kappa shape index (κ2) is 8.28. The van der Waals surface area contributed by atoms with Crippen LogP contribution in [-0.4, -0.2) is 5.11 Å². The first-order valence-electron chi connectivity index (χ1n) is 5.51. The Morgan fingerprint density at radius 1 is 0.882 bits per heavy atom. The summed E-state index contributed by atoms with van der Waals surface area (Å²) in [6.07, 6.45) is 0. The molecule has 0 aliphatic rings. The molecule has 17 heavy (non-hydrogen) atoms. The van der Waals surface area contributed by atoms with E-state index in [2.05, 4.69) is 74.6 Å². The molecule has 4 heteroatoms. The van der Waals surface area contributed by atoms with Crippen LogP contribution in [0.15, 0.2) is 0 Å². The second-order valence-corrected chi connectivity index (χ2v) is 16.3. The van der Waals surface area contributed by atoms with Crippen LogP contribution in [0.5, 0.6) is 5.75 Å². The summed E-state index contributed by atoms with van der Waals surface area (Å²) in [6.45, 7) is 12.5. The molecule has 0 atom stereocenters. The van der Waals surface area contributed by atoms with Crippen molar-refractivity contribution in [3.8, 4) is 5.75 Å². The van der Waals surface area contributed by atoms with E-state index in [9.17, 15) is 5.11 Å². The third-order valence-corrected chi connectivity index (χ3v) is 3.28. The van der Waals surface area contributed by atoms with E-state index in [0.717, 1.165) is 11.1 Å². The topological polar surface area (TPSA) is 20.2 Å². The van der Waals surface area contributed by atoms with E-state index >= 15 is 0 Å². The van der Waals surface area contributed by atoms with Gasteiger partial charge in [0.15, 0.2) is 0 Å². The quantitative estimate of drug-likeness (QED) is 0.508. The molecule has 0 aromatic heterocycles. The van der Waals surface area contributed by atoms with Crippen molar-refractivity contribution in [2.24, 2.45) is 0 Å². The number of phenolic OH excluding ortho intramolecular Hbond substituents is 1. The predicted octanol–water partition coefficient (Wildman–Crippen LogP) is 5.52. The summed E-state index contributed by atoms with van der Waals surface area (Å²) in [6, 6.07) is 0. The van der Waals surface area contributed by atoms with Gasteiger partial charge >= 0.3 is 49.4 Å². The summed E-state index contributed by atoms with van der Waals surface area (Å²) in [5.74, 6) is 0.869. The van der Waals surface area contributed by atoms with E-state index < -0.39 is 0 Å². The van der Waals surface area contributed by atoms with Gasteiger partial charge in [0.1, 0.15) is 5.75 Å². The van der Waals surface area contributed by atoms with Crippen molar-refractivity contribution in [2.75, 3.05) is 0 Å². The molecule has 0 heterocycles. The Hall–Kier alpha value is 1.06. The molecule has 97 valence electrons. The Balaban J connectivity index is 0.000000770. The second-order valence-electron chi connectivity index (χ2n) is 4.48. The maximum absolute atomic E-state index is 10.1. The molecule has 1 nitrogen and oxygen atoms in total. The molecule has 0 aliphatic carbocycles. The monoisotopic (exact) mass is 497 g/mol. The minimum absolute atomic E-state index is 0.382. The first-order chi connectivity index (χ1) is 7.79. The summed E-state index contributed by atoms with van der Waals surface area (Å²) in [4.78, 5) is 0. The molecule has 0 amide bonds. The predicted molar refractivity (Wildman–Crippen MR) is 89.2 cm³/mol. The van der Waals surface area contributed by atoms with Gasteiger partial charge in [0.05, 0.1) is 0 Å². The van der Waals surface area contributed by atoms with Crippen LogP contribution in [0, 0.1) is 27.7 Å². The van der Waals surface area contributed by atoms with Crippen molar-refractivity contribution in [2.45, 2.75) is 47.5 Å². The molecule has 0 radical (unpaired) electrons. The van der Waals surface area contributed by atoms with Crippen LogP contribution < -0.4 is 0 Å². The van der Waals surface area contributed by atoms with E-state index in [4.69, 9.17) is 0 Å². The molecular formula is C13H20I2OV. The van der Waals surface area contributed by atoms with E-state index in [1.54, 1.807) is 0 Å². The van der Waals surface area contributed by atoms with Gasteiger partial charge in [-0.25, -0.2) is 0 Å². The summed E-state index contributed by atoms with van der Waals surface area (Å²) in [5.41, 5.74) is 5.89. The van der Waals surface area contributed by atoms with Gasteiger partial charge < -0.3 is 5.11 Å². The molecular weight excluding hydrogens is 477 g/mol. The van der Waals surface area contributed by atoms with Crippen LogP contribution in [0.1, 0.15) is 47.6 Å². The van der Waals surface area contributed by atoms with E-state index in [-0.39, 0.29) is 0 Å². The Morgan fingerprint density at radius 2 is 1.24 bits per heavy atom. The SMILES string of the molecule is Cc1c(C)c(C)c(C(C)C)c(O)c1C.[I][V][I]. The first-order valence-corrected chi connectivity index (χ1v) is 14.5. The van der Waals surface area contributed by atoms with Crippen LogP contribution >= 0.6 is 40.0 Å². The Morgan fingerprint density at radius 3 is 1.59 bits per heavy atom. The van der Waals surface area contributed by atoms with E-state index in [0.29, 0.717) is 21.1 Å². The van der Waals surface area contributed by atoms with Crippen LogP contribution in [-0.2, 0) is 9.47 Å². The zero-order valence-corrected chi connectivity index (χ0v) is 16.9. The third kappa shape index (κ3) is 4.58. The summed E-state index contributed by atoms with van der Waals surface area (Å²) in [5, 5.41) is 10.1. The van der Waals surface area contributed by atoms with Gasteiger partial charge in [-0.1, -0.05) is 13.8 Å². The summed E-state index contributed by atoms with van der Waals surface area (Å²) in [7, 11) is 0.628. The van der Waals surface area contributed by atoms with Gasteiger partial charge in [0, 0.05) is 0 Å². The Labute approximate surface area is 134 Å². The fourth-order valence-corrected chi connectivity index (χ4v) is 2.03. The van der Waals surface area contributed by atoms with Gasteiger partial charge in [-0.05, 0) is 61.4 Å². The first kappa shape index (κ1) is 18.1. The average Bonchev–Trinajstić information content (AvgIpc) is 2.24. The minimum atomic E-state index is 0.382. The summed E-state index contributed by atoms with van der Waals surface area (Å²) >= 11 is 4.74. The fraction of sp³-hybridized carbons (Fsp3) is 0.538. The molecule has 0 unspecified atom stereocenters. The molecule has 1 rings (SSSR count). The molecule has 0 saturated carbocycles. The van der Waals surface area contributed by atoms with Crippen molar-refractivity contribution in [1.82, 2.24) is 0 Å². The number of hydrogen-bond acceptors (Lipinski definition) is 1. The van der Waals surface area contributed by atoms with Gasteiger partial charge in [-0.3, -0.25) is 0 Å². The zero-order valence-electron chi connectivity index (χ0n) is 11.2. The van der Waals surface area contributed by atoms with Crippen LogP contribution in [0.3, 0.4) is 0 Å². The van der Waals surface area contributed by atoms with Crippen molar-refractivity contribution in [1.29, 1.82) is 0 Å². The van der Waals surface area contributed by atoms with Gasteiger partial charge in [-0.2, -0.15) is 0 Å². The number of halogens is 2. The number of aromatic hydroxyl groups is 1. The van der Waals surface area contributed by atoms with Crippen molar-refractivity contribution < 1.29 is 14.6 Å². The zero-order chi connectivity index (χ0) is 13.7. The van der Waals surface area contributed by atoms with Crippen LogP contribution in [0.4, 0.5) is 0 Å². The van der Waals surface area contributed by atoms with Crippen LogP contribution in [0.25, 0.3) is 0 Å². The van der Waals surface area contributed by atoms with Crippen molar-refractivity contribution in [3.05, 3.63) is 27.8 Å². The molecule has 1 aromatic carbocycles. The number of phenols is 1.